The fourth-order valence-electron chi connectivity index (χ4n) is 3.18. The van der Waals surface area contributed by atoms with E-state index in [1.807, 2.05) is 0 Å². The molecule has 2 unspecified atom stereocenters. The molecule has 0 spiro atoms. The van der Waals surface area contributed by atoms with Crippen LogP contribution < -0.4 is 10.2 Å². The molecule has 1 aliphatic carbocycles. The summed E-state index contributed by atoms with van der Waals surface area (Å²) in [5.74, 6) is -0.137. The average molecular weight is 288 g/mol. The summed E-state index contributed by atoms with van der Waals surface area (Å²) in [7, 11) is 1.47. The summed E-state index contributed by atoms with van der Waals surface area (Å²) in [5.41, 5.74) is 2.73. The quantitative estimate of drug-likeness (QED) is 0.814. The Labute approximate surface area is 126 Å². The van der Waals surface area contributed by atoms with Gasteiger partial charge in [0.05, 0.1) is 7.11 Å². The topological polar surface area (TPSA) is 41.6 Å². The summed E-state index contributed by atoms with van der Waals surface area (Å²) in [6, 6.07) is 9.40. The number of hydrogen-bond donors (Lipinski definition) is 1. The molecule has 1 N–H and O–H groups in total. The summed E-state index contributed by atoms with van der Waals surface area (Å²) < 4.78 is 4.93. The van der Waals surface area contributed by atoms with Gasteiger partial charge in [-0.3, -0.25) is 4.79 Å². The highest BCUT2D eigenvalue weighted by molar-refractivity contribution is 5.75. The Bertz CT molecular complexity index is 513. The number of rotatable bonds is 6. The number of anilines is 1. The van der Waals surface area contributed by atoms with Crippen LogP contribution in [0, 0.1) is 0 Å². The molecule has 1 aromatic carbocycles. The van der Waals surface area contributed by atoms with Gasteiger partial charge in [0.15, 0.2) is 0 Å². The van der Waals surface area contributed by atoms with Crippen LogP contribution >= 0.6 is 0 Å². The molecule has 21 heavy (non-hydrogen) atoms. The van der Waals surface area contributed by atoms with Crippen molar-refractivity contribution in [3.63, 3.8) is 0 Å². The minimum Gasteiger partial charge on any atom is -0.468 e. The van der Waals surface area contributed by atoms with Gasteiger partial charge < -0.3 is 15.0 Å². The second kappa shape index (κ2) is 6.06. The van der Waals surface area contributed by atoms with Crippen molar-refractivity contribution in [2.24, 2.45) is 0 Å². The minimum absolute atomic E-state index is 0.137. The largest absolute Gasteiger partial charge is 0.468 e. The zero-order valence-electron chi connectivity index (χ0n) is 12.8. The Morgan fingerprint density at radius 2 is 2.19 bits per heavy atom. The number of benzene rings is 1. The molecule has 0 saturated heterocycles. The molecular weight excluding hydrogens is 264 g/mol. The molecule has 0 aromatic heterocycles. The lowest BCUT2D eigenvalue weighted by molar-refractivity contribution is -0.143. The van der Waals surface area contributed by atoms with Crippen LogP contribution in [0.25, 0.3) is 0 Å². The molecule has 2 atom stereocenters. The average Bonchev–Trinajstić information content (AvgIpc) is 3.25. The first-order chi connectivity index (χ1) is 10.2. The first kappa shape index (κ1) is 14.4. The molecule has 0 amide bonds. The van der Waals surface area contributed by atoms with Crippen LogP contribution in [-0.2, 0) is 16.0 Å². The molecular formula is C17H24N2O2. The van der Waals surface area contributed by atoms with Gasteiger partial charge in [-0.05, 0) is 44.2 Å². The number of nitrogens with one attached hydrogen (secondary N) is 1. The molecule has 4 heteroatoms. The molecule has 2 aliphatic rings. The fraction of sp³-hybridized carbons (Fsp3) is 0.588. The van der Waals surface area contributed by atoms with Crippen molar-refractivity contribution in [2.75, 3.05) is 18.6 Å². The van der Waals surface area contributed by atoms with E-state index in [1.54, 1.807) is 0 Å². The third-order valence-corrected chi connectivity index (χ3v) is 4.51. The standard InChI is InChI=1S/C17H24N2O2/c1-12-11-13-5-3-4-6-16(13)19(12)10-9-15(17(20)21-2)18-14-7-8-14/h3-6,12,14-15,18H,7-11H2,1-2H3. The van der Waals surface area contributed by atoms with E-state index in [2.05, 4.69) is 41.4 Å². The van der Waals surface area contributed by atoms with Crippen molar-refractivity contribution in [3.8, 4) is 0 Å². The predicted molar refractivity (Wildman–Crippen MR) is 83.5 cm³/mol. The van der Waals surface area contributed by atoms with Crippen molar-refractivity contribution < 1.29 is 9.53 Å². The maximum Gasteiger partial charge on any atom is 0.322 e. The molecule has 1 aromatic rings. The second-order valence-corrected chi connectivity index (χ2v) is 6.18. The van der Waals surface area contributed by atoms with Crippen LogP contribution in [-0.4, -0.2) is 37.7 Å². The Kier molecular flexibility index (Phi) is 4.15. The summed E-state index contributed by atoms with van der Waals surface area (Å²) in [5, 5.41) is 3.40. The van der Waals surface area contributed by atoms with Crippen LogP contribution in [0.2, 0.25) is 0 Å². The summed E-state index contributed by atoms with van der Waals surface area (Å²) in [4.78, 5) is 14.3. The zero-order valence-corrected chi connectivity index (χ0v) is 12.8. The van der Waals surface area contributed by atoms with E-state index in [9.17, 15) is 4.79 Å². The van der Waals surface area contributed by atoms with E-state index in [0.29, 0.717) is 12.1 Å². The summed E-state index contributed by atoms with van der Waals surface area (Å²) in [6.45, 7) is 3.14. The molecule has 3 rings (SSSR count). The van der Waals surface area contributed by atoms with E-state index in [4.69, 9.17) is 4.74 Å². The number of hydrogen-bond acceptors (Lipinski definition) is 4. The molecule has 114 valence electrons. The normalized spacial score (nSPS) is 22.0. The molecule has 1 heterocycles. The summed E-state index contributed by atoms with van der Waals surface area (Å²) in [6.07, 6.45) is 4.24. The van der Waals surface area contributed by atoms with Gasteiger partial charge in [-0.15, -0.1) is 0 Å². The van der Waals surface area contributed by atoms with Crippen LogP contribution in [0.15, 0.2) is 24.3 Å². The fourth-order valence-corrected chi connectivity index (χ4v) is 3.18. The highest BCUT2D eigenvalue weighted by atomic mass is 16.5. The van der Waals surface area contributed by atoms with Crippen LogP contribution in [0.3, 0.4) is 0 Å². The predicted octanol–water partition coefficient (Wildman–Crippen LogP) is 2.12. The zero-order chi connectivity index (χ0) is 14.8. The van der Waals surface area contributed by atoms with Crippen molar-refractivity contribution in [1.29, 1.82) is 0 Å². The number of ether oxygens (including phenoxy) is 1. The van der Waals surface area contributed by atoms with E-state index >= 15 is 0 Å². The molecule has 4 nitrogen and oxygen atoms in total. The van der Waals surface area contributed by atoms with E-state index < -0.39 is 0 Å². The van der Waals surface area contributed by atoms with Gasteiger partial charge in [-0.2, -0.15) is 0 Å². The van der Waals surface area contributed by atoms with Crippen LogP contribution in [0.4, 0.5) is 5.69 Å². The Balaban J connectivity index is 1.63. The number of methoxy groups -OCH3 is 1. The van der Waals surface area contributed by atoms with Gasteiger partial charge in [0, 0.05) is 24.3 Å². The van der Waals surface area contributed by atoms with Crippen molar-refractivity contribution in [1.82, 2.24) is 5.32 Å². The van der Waals surface area contributed by atoms with Crippen LogP contribution in [0.1, 0.15) is 31.7 Å². The molecule has 1 aliphatic heterocycles. The molecule has 1 fully saturated rings. The van der Waals surface area contributed by atoms with E-state index in [-0.39, 0.29) is 12.0 Å². The monoisotopic (exact) mass is 288 g/mol. The lowest BCUT2D eigenvalue weighted by Crippen LogP contribution is -2.42. The van der Waals surface area contributed by atoms with Crippen molar-refractivity contribution in [2.45, 2.75) is 50.7 Å². The lowest BCUT2D eigenvalue weighted by Gasteiger charge is -2.27. The number of carbonyl (C=O) groups excluding carboxylic acids is 1. The molecule has 0 bridgehead atoms. The number of carbonyl (C=O) groups is 1. The van der Waals surface area contributed by atoms with Gasteiger partial charge in [0.25, 0.3) is 0 Å². The SMILES string of the molecule is COC(=O)C(CCN1c2ccccc2CC1C)NC1CC1. The third kappa shape index (κ3) is 3.21. The summed E-state index contributed by atoms with van der Waals surface area (Å²) >= 11 is 0. The number of para-hydroxylation sites is 1. The smallest absolute Gasteiger partial charge is 0.322 e. The van der Waals surface area contributed by atoms with Crippen molar-refractivity contribution in [3.05, 3.63) is 29.8 Å². The molecule has 1 saturated carbocycles. The number of nitrogens with zero attached hydrogens (tertiary/aromatic N) is 1. The van der Waals surface area contributed by atoms with Gasteiger partial charge in [0.2, 0.25) is 0 Å². The van der Waals surface area contributed by atoms with Gasteiger partial charge >= 0.3 is 5.97 Å². The van der Waals surface area contributed by atoms with E-state index in [1.165, 1.54) is 31.2 Å². The highest BCUT2D eigenvalue weighted by Crippen LogP contribution is 2.32. The Hall–Kier alpha value is -1.55. The Morgan fingerprint density at radius 3 is 2.90 bits per heavy atom. The minimum atomic E-state index is -0.178. The number of esters is 1. The Morgan fingerprint density at radius 1 is 1.43 bits per heavy atom. The maximum atomic E-state index is 11.9. The number of fused-ring (bicyclic) bond motifs is 1. The van der Waals surface area contributed by atoms with Crippen LogP contribution in [0.5, 0.6) is 0 Å². The first-order valence-electron chi connectivity index (χ1n) is 7.87. The highest BCUT2D eigenvalue weighted by Gasteiger charge is 2.31. The second-order valence-electron chi connectivity index (χ2n) is 6.18. The first-order valence-corrected chi connectivity index (χ1v) is 7.87. The van der Waals surface area contributed by atoms with Gasteiger partial charge in [0.1, 0.15) is 6.04 Å². The third-order valence-electron chi connectivity index (χ3n) is 4.51. The lowest BCUT2D eigenvalue weighted by atomic mass is 10.1. The van der Waals surface area contributed by atoms with E-state index in [0.717, 1.165) is 19.4 Å². The molecule has 0 radical (unpaired) electrons. The van der Waals surface area contributed by atoms with Crippen molar-refractivity contribution >= 4 is 11.7 Å². The maximum absolute atomic E-state index is 11.9. The van der Waals surface area contributed by atoms with Gasteiger partial charge in [-0.25, -0.2) is 0 Å². The van der Waals surface area contributed by atoms with Gasteiger partial charge in [-0.1, -0.05) is 18.2 Å².